The highest BCUT2D eigenvalue weighted by Gasteiger charge is 2.18. The van der Waals surface area contributed by atoms with Gasteiger partial charge in [-0.15, -0.1) is 0 Å². The predicted octanol–water partition coefficient (Wildman–Crippen LogP) is 1.09. The first-order valence-electron chi connectivity index (χ1n) is 7.91. The zero-order valence-corrected chi connectivity index (χ0v) is 12.8. The summed E-state index contributed by atoms with van der Waals surface area (Å²) in [6.07, 6.45) is 4.62. The van der Waals surface area contributed by atoms with E-state index < -0.39 is 6.10 Å². The molecule has 1 aliphatic heterocycles. The number of rotatable bonds is 6. The van der Waals surface area contributed by atoms with Crippen LogP contribution in [0.3, 0.4) is 0 Å². The normalized spacial score (nSPS) is 18.0. The van der Waals surface area contributed by atoms with Crippen LogP contribution < -0.4 is 9.64 Å². The van der Waals surface area contributed by atoms with Crippen molar-refractivity contribution in [3.8, 4) is 5.75 Å². The lowest BCUT2D eigenvalue weighted by Gasteiger charge is -2.21. The summed E-state index contributed by atoms with van der Waals surface area (Å²) in [5.41, 5.74) is 0.576. The molecule has 1 saturated heterocycles. The molecular formula is C17H26NO3+. The van der Waals surface area contributed by atoms with Gasteiger partial charge in [-0.05, 0) is 44.7 Å². The van der Waals surface area contributed by atoms with Crippen LogP contribution in [0.25, 0.3) is 0 Å². The van der Waals surface area contributed by atoms with Gasteiger partial charge >= 0.3 is 0 Å². The Morgan fingerprint density at radius 1 is 1.24 bits per heavy atom. The first-order chi connectivity index (χ1) is 10.2. The average Bonchev–Trinajstić information content (AvgIpc) is 2.74. The lowest BCUT2D eigenvalue weighted by molar-refractivity contribution is -0.902. The molecule has 2 rings (SSSR count). The van der Waals surface area contributed by atoms with Crippen molar-refractivity contribution in [3.05, 3.63) is 29.8 Å². The molecule has 1 aromatic rings. The molecule has 1 heterocycles. The molecule has 4 heteroatoms. The molecule has 2 N–H and O–H groups in total. The lowest BCUT2D eigenvalue weighted by Crippen LogP contribution is -3.13. The standard InChI is InChI=1S/C17H25NO3/c1-14(19)16-8-4-5-9-17(16)21-13-15(20)12-18-10-6-2-3-7-11-18/h4-5,8-9,15,20H,2-3,6-7,10-13H2,1H3/p+1/t15-/m1/s1. The summed E-state index contributed by atoms with van der Waals surface area (Å²) in [5, 5.41) is 10.2. The summed E-state index contributed by atoms with van der Waals surface area (Å²) in [6, 6.07) is 7.20. The molecule has 0 amide bonds. The number of aliphatic hydroxyl groups is 1. The Hall–Kier alpha value is -1.39. The van der Waals surface area contributed by atoms with Crippen molar-refractivity contribution in [3.63, 3.8) is 0 Å². The van der Waals surface area contributed by atoms with Gasteiger partial charge in [-0.3, -0.25) is 4.79 Å². The summed E-state index contributed by atoms with van der Waals surface area (Å²) in [4.78, 5) is 13.0. The topological polar surface area (TPSA) is 51.0 Å². The number of para-hydroxylation sites is 1. The molecule has 4 nitrogen and oxygen atoms in total. The Morgan fingerprint density at radius 3 is 2.57 bits per heavy atom. The Morgan fingerprint density at radius 2 is 1.90 bits per heavy atom. The lowest BCUT2D eigenvalue weighted by atomic mass is 10.1. The number of likely N-dealkylation sites (tertiary alicyclic amines) is 1. The Labute approximate surface area is 126 Å². The molecule has 0 aliphatic carbocycles. The SMILES string of the molecule is CC(=O)c1ccccc1OC[C@H](O)C[NH+]1CCCCCC1. The number of nitrogens with one attached hydrogen (secondary N) is 1. The molecule has 0 aromatic heterocycles. The molecule has 1 aromatic carbocycles. The third kappa shape index (κ3) is 5.14. The Balaban J connectivity index is 1.83. The summed E-state index contributed by atoms with van der Waals surface area (Å²) in [6.45, 7) is 4.78. The van der Waals surface area contributed by atoms with E-state index in [9.17, 15) is 9.90 Å². The predicted molar refractivity (Wildman–Crippen MR) is 82.0 cm³/mol. The molecule has 0 bridgehead atoms. The van der Waals surface area contributed by atoms with E-state index in [1.165, 1.54) is 37.5 Å². The van der Waals surface area contributed by atoms with Crippen molar-refractivity contribution in [2.45, 2.75) is 38.7 Å². The van der Waals surface area contributed by atoms with E-state index in [-0.39, 0.29) is 12.4 Å². The number of carbonyl (C=O) groups excluding carboxylic acids is 1. The minimum absolute atomic E-state index is 0.0155. The largest absolute Gasteiger partial charge is 0.490 e. The smallest absolute Gasteiger partial charge is 0.163 e. The molecule has 0 saturated carbocycles. The number of ether oxygens (including phenoxy) is 1. The molecule has 116 valence electrons. The van der Waals surface area contributed by atoms with Gasteiger partial charge in [0.05, 0.1) is 18.7 Å². The Kier molecular flexibility index (Phi) is 6.21. The van der Waals surface area contributed by atoms with E-state index in [4.69, 9.17) is 4.74 Å². The van der Waals surface area contributed by atoms with Crippen LogP contribution >= 0.6 is 0 Å². The van der Waals surface area contributed by atoms with E-state index in [0.717, 1.165) is 19.6 Å². The van der Waals surface area contributed by atoms with Crippen LogP contribution in [-0.2, 0) is 0 Å². The van der Waals surface area contributed by atoms with E-state index in [2.05, 4.69) is 0 Å². The number of hydrogen-bond acceptors (Lipinski definition) is 3. The minimum atomic E-state index is -0.488. The first-order valence-corrected chi connectivity index (χ1v) is 7.91. The number of benzene rings is 1. The van der Waals surface area contributed by atoms with Crippen LogP contribution in [0, 0.1) is 0 Å². The molecule has 21 heavy (non-hydrogen) atoms. The number of quaternary nitrogens is 1. The fourth-order valence-corrected chi connectivity index (χ4v) is 2.89. The third-order valence-corrected chi connectivity index (χ3v) is 4.03. The van der Waals surface area contributed by atoms with Gasteiger partial charge in [-0.25, -0.2) is 0 Å². The maximum atomic E-state index is 11.5. The minimum Gasteiger partial charge on any atom is -0.490 e. The van der Waals surface area contributed by atoms with Gasteiger partial charge in [0, 0.05) is 0 Å². The van der Waals surface area contributed by atoms with Gasteiger partial charge < -0.3 is 14.7 Å². The van der Waals surface area contributed by atoms with Gasteiger partial charge in [-0.1, -0.05) is 12.1 Å². The van der Waals surface area contributed by atoms with Crippen molar-refractivity contribution >= 4 is 5.78 Å². The highest BCUT2D eigenvalue weighted by Crippen LogP contribution is 2.18. The zero-order chi connectivity index (χ0) is 15.1. The molecule has 0 radical (unpaired) electrons. The molecule has 1 aliphatic rings. The molecule has 1 fully saturated rings. The molecule has 0 unspecified atom stereocenters. The van der Waals surface area contributed by atoms with Crippen molar-refractivity contribution in [1.82, 2.24) is 0 Å². The van der Waals surface area contributed by atoms with Gasteiger partial charge in [0.15, 0.2) is 5.78 Å². The summed E-state index contributed by atoms with van der Waals surface area (Å²) >= 11 is 0. The van der Waals surface area contributed by atoms with Crippen molar-refractivity contribution in [1.29, 1.82) is 0 Å². The maximum Gasteiger partial charge on any atom is 0.163 e. The molecule has 0 spiro atoms. The summed E-state index contributed by atoms with van der Waals surface area (Å²) in [7, 11) is 0. The van der Waals surface area contributed by atoms with Crippen LogP contribution in [0.2, 0.25) is 0 Å². The number of Topliss-reactive ketones (excluding diaryl/α,β-unsaturated/α-hetero) is 1. The number of hydrogen-bond donors (Lipinski definition) is 2. The maximum absolute atomic E-state index is 11.5. The van der Waals surface area contributed by atoms with Crippen LogP contribution in [0.4, 0.5) is 0 Å². The van der Waals surface area contributed by atoms with Crippen molar-refractivity contribution in [2.75, 3.05) is 26.2 Å². The summed E-state index contributed by atoms with van der Waals surface area (Å²) < 4.78 is 5.65. The average molecular weight is 292 g/mol. The second-order valence-electron chi connectivity index (χ2n) is 5.89. The second kappa shape index (κ2) is 8.15. The van der Waals surface area contributed by atoms with E-state index >= 15 is 0 Å². The first kappa shape index (κ1) is 16.0. The van der Waals surface area contributed by atoms with Crippen LogP contribution in [0.1, 0.15) is 43.0 Å². The van der Waals surface area contributed by atoms with E-state index in [0.29, 0.717) is 11.3 Å². The van der Waals surface area contributed by atoms with Gasteiger partial charge in [0.2, 0.25) is 0 Å². The van der Waals surface area contributed by atoms with Crippen molar-refractivity contribution < 1.29 is 19.5 Å². The number of aliphatic hydroxyl groups excluding tert-OH is 1. The quantitative estimate of drug-likeness (QED) is 0.772. The number of ketones is 1. The fraction of sp³-hybridized carbons (Fsp3) is 0.588. The van der Waals surface area contributed by atoms with E-state index in [1.54, 1.807) is 12.1 Å². The zero-order valence-electron chi connectivity index (χ0n) is 12.8. The summed E-state index contributed by atoms with van der Waals surface area (Å²) in [5.74, 6) is 0.549. The highest BCUT2D eigenvalue weighted by molar-refractivity contribution is 5.96. The monoisotopic (exact) mass is 292 g/mol. The van der Waals surface area contributed by atoms with Gasteiger partial charge in [-0.2, -0.15) is 0 Å². The van der Waals surface area contributed by atoms with Crippen molar-refractivity contribution in [2.24, 2.45) is 0 Å². The van der Waals surface area contributed by atoms with Crippen LogP contribution in [-0.4, -0.2) is 43.2 Å². The molecular weight excluding hydrogens is 266 g/mol. The van der Waals surface area contributed by atoms with Crippen LogP contribution in [0.15, 0.2) is 24.3 Å². The van der Waals surface area contributed by atoms with Gasteiger partial charge in [0.1, 0.15) is 25.0 Å². The third-order valence-electron chi connectivity index (χ3n) is 4.03. The van der Waals surface area contributed by atoms with Gasteiger partial charge in [0.25, 0.3) is 0 Å². The number of carbonyl (C=O) groups is 1. The fourth-order valence-electron chi connectivity index (χ4n) is 2.89. The van der Waals surface area contributed by atoms with Crippen LogP contribution in [0.5, 0.6) is 5.75 Å². The van der Waals surface area contributed by atoms with E-state index in [1.807, 2.05) is 12.1 Å². The highest BCUT2D eigenvalue weighted by atomic mass is 16.5. The Bertz CT molecular complexity index is 453. The second-order valence-corrected chi connectivity index (χ2v) is 5.89. The molecule has 1 atom stereocenters.